The van der Waals surface area contributed by atoms with Gasteiger partial charge in [-0.3, -0.25) is 0 Å². The largest absolute Gasteiger partial charge is 0.394 e. The van der Waals surface area contributed by atoms with E-state index in [1.807, 2.05) is 0 Å². The molecule has 0 bridgehead atoms. The maximum atomic E-state index is 9.74. The van der Waals surface area contributed by atoms with Crippen molar-refractivity contribution >= 4 is 0 Å². The second kappa shape index (κ2) is 11.4. The van der Waals surface area contributed by atoms with Gasteiger partial charge >= 0.3 is 0 Å². The topological polar surface area (TPSA) is 52.5 Å². The zero-order valence-electron chi connectivity index (χ0n) is 23.7. The molecule has 3 N–H and O–H groups in total. The van der Waals surface area contributed by atoms with Crippen molar-refractivity contribution in [1.29, 1.82) is 0 Å². The van der Waals surface area contributed by atoms with E-state index in [0.717, 1.165) is 18.3 Å². The average Bonchev–Trinajstić information content (AvgIpc) is 2.96. The minimum absolute atomic E-state index is 0.0638. The van der Waals surface area contributed by atoms with Crippen LogP contribution in [0.4, 0.5) is 0 Å². The van der Waals surface area contributed by atoms with Crippen molar-refractivity contribution in [2.45, 2.75) is 112 Å². The van der Waals surface area contributed by atoms with E-state index < -0.39 is 6.10 Å². The third kappa shape index (κ3) is 8.35. The van der Waals surface area contributed by atoms with Gasteiger partial charge in [-0.2, -0.15) is 0 Å². The number of aliphatic hydroxyl groups excluding tert-OH is 2. The Labute approximate surface area is 211 Å². The maximum absolute atomic E-state index is 9.74. The van der Waals surface area contributed by atoms with Gasteiger partial charge < -0.3 is 15.5 Å². The Kier molecular flexibility index (Phi) is 9.87. The first kappa shape index (κ1) is 29.3. The summed E-state index contributed by atoms with van der Waals surface area (Å²) in [5.74, 6) is 2.01. The van der Waals surface area contributed by atoms with E-state index in [-0.39, 0.29) is 23.0 Å². The van der Waals surface area contributed by atoms with Gasteiger partial charge in [0.2, 0.25) is 0 Å². The summed E-state index contributed by atoms with van der Waals surface area (Å²) in [6.07, 6.45) is 18.4. The molecule has 34 heavy (non-hydrogen) atoms. The zero-order chi connectivity index (χ0) is 25.8. The molecule has 1 fully saturated rings. The third-order valence-corrected chi connectivity index (χ3v) is 8.81. The van der Waals surface area contributed by atoms with E-state index in [9.17, 15) is 5.11 Å². The van der Waals surface area contributed by atoms with Gasteiger partial charge in [0.15, 0.2) is 0 Å². The molecule has 2 aliphatic carbocycles. The molecule has 0 radical (unpaired) electrons. The van der Waals surface area contributed by atoms with Gasteiger partial charge in [0.25, 0.3) is 0 Å². The summed E-state index contributed by atoms with van der Waals surface area (Å²) in [7, 11) is 0. The van der Waals surface area contributed by atoms with Crippen LogP contribution in [0.2, 0.25) is 0 Å². The Morgan fingerprint density at radius 3 is 1.94 bits per heavy atom. The van der Waals surface area contributed by atoms with Crippen molar-refractivity contribution in [3.8, 4) is 0 Å². The first-order valence-electron chi connectivity index (χ1n) is 13.7. The van der Waals surface area contributed by atoms with E-state index in [0.29, 0.717) is 17.9 Å². The van der Waals surface area contributed by atoms with Gasteiger partial charge in [-0.1, -0.05) is 78.8 Å². The molecule has 3 heteroatoms. The second-order valence-corrected chi connectivity index (χ2v) is 14.1. The van der Waals surface area contributed by atoms with Crippen molar-refractivity contribution in [3.05, 3.63) is 36.0 Å². The van der Waals surface area contributed by atoms with Gasteiger partial charge in [-0.05, 0) is 91.9 Å². The summed E-state index contributed by atoms with van der Waals surface area (Å²) in [4.78, 5) is 0. The van der Waals surface area contributed by atoms with E-state index in [4.69, 9.17) is 5.11 Å². The van der Waals surface area contributed by atoms with Crippen molar-refractivity contribution in [3.63, 3.8) is 0 Å². The van der Waals surface area contributed by atoms with Crippen LogP contribution in [0, 0.1) is 34.0 Å². The second-order valence-electron chi connectivity index (χ2n) is 14.1. The normalized spacial score (nSPS) is 25.7. The lowest BCUT2D eigenvalue weighted by atomic mass is 9.58. The van der Waals surface area contributed by atoms with Crippen LogP contribution < -0.4 is 5.32 Å². The molecule has 2 unspecified atom stereocenters. The minimum Gasteiger partial charge on any atom is -0.394 e. The SMILES string of the molecule is CC1C=CC=C(C(C)(C)CC(C)(C)C2CCC(C(C)(C)CC(C)(C)NCC(O)CO)CC2)C=C1. The molecule has 0 amide bonds. The quantitative estimate of drug-likeness (QED) is 0.301. The highest BCUT2D eigenvalue weighted by Crippen LogP contribution is 2.52. The third-order valence-electron chi connectivity index (χ3n) is 8.81. The Hall–Kier alpha value is -0.900. The van der Waals surface area contributed by atoms with Gasteiger partial charge in [-0.25, -0.2) is 0 Å². The molecule has 196 valence electrons. The molecular weight excluding hydrogens is 418 g/mol. The molecule has 0 aromatic rings. The molecule has 2 atom stereocenters. The average molecular weight is 474 g/mol. The van der Waals surface area contributed by atoms with Gasteiger partial charge in [0.1, 0.15) is 0 Å². The zero-order valence-corrected chi connectivity index (χ0v) is 23.7. The Morgan fingerprint density at radius 1 is 0.882 bits per heavy atom. The fourth-order valence-electron chi connectivity index (χ4n) is 7.01. The van der Waals surface area contributed by atoms with Crippen molar-refractivity contribution in [2.24, 2.45) is 34.0 Å². The van der Waals surface area contributed by atoms with Gasteiger partial charge in [-0.15, -0.1) is 0 Å². The van der Waals surface area contributed by atoms with Crippen LogP contribution in [0.15, 0.2) is 36.0 Å². The number of aliphatic hydroxyl groups is 2. The first-order chi connectivity index (χ1) is 15.6. The molecule has 2 rings (SSSR count). The lowest BCUT2D eigenvalue weighted by Gasteiger charge is -2.48. The fourth-order valence-corrected chi connectivity index (χ4v) is 7.01. The standard InChI is InChI=1S/C31H55NO2/c1-23-11-10-12-24(14-13-23)28(2,3)21-29(4,5)25-15-17-26(18-16-25)30(6,7)22-31(8,9)32-19-27(34)20-33/h10-14,23,25-27,32-34H,15-22H2,1-9H3. The number of β-amino-alcohol motifs (C(OH)–C–C–N with tert-alkyl or cyclic N) is 1. The predicted octanol–water partition coefficient (Wildman–Crippen LogP) is 7.06. The van der Waals surface area contributed by atoms with Crippen molar-refractivity contribution in [1.82, 2.24) is 5.32 Å². The van der Waals surface area contributed by atoms with E-state index in [2.05, 4.69) is 98.0 Å². The highest BCUT2D eigenvalue weighted by Gasteiger charge is 2.42. The number of hydrogen-bond acceptors (Lipinski definition) is 3. The van der Waals surface area contributed by atoms with Crippen molar-refractivity contribution < 1.29 is 10.2 Å². The lowest BCUT2D eigenvalue weighted by Crippen LogP contribution is -2.48. The molecule has 3 nitrogen and oxygen atoms in total. The molecule has 1 saturated carbocycles. The minimum atomic E-state index is -0.687. The first-order valence-corrected chi connectivity index (χ1v) is 13.7. The van der Waals surface area contributed by atoms with Crippen LogP contribution in [-0.2, 0) is 0 Å². The molecule has 0 aliphatic heterocycles. The highest BCUT2D eigenvalue weighted by atomic mass is 16.3. The summed E-state index contributed by atoms with van der Waals surface area (Å²) >= 11 is 0. The smallest absolute Gasteiger partial charge is 0.0895 e. The molecule has 2 aliphatic rings. The summed E-state index contributed by atoms with van der Waals surface area (Å²) in [5.41, 5.74) is 2.12. The van der Waals surface area contributed by atoms with Crippen LogP contribution in [0.25, 0.3) is 0 Å². The molecule has 0 heterocycles. The van der Waals surface area contributed by atoms with Crippen LogP contribution >= 0.6 is 0 Å². The molecule has 0 aromatic heterocycles. The van der Waals surface area contributed by atoms with Gasteiger partial charge in [0.05, 0.1) is 12.7 Å². The van der Waals surface area contributed by atoms with E-state index in [1.54, 1.807) is 0 Å². The van der Waals surface area contributed by atoms with Crippen molar-refractivity contribution in [2.75, 3.05) is 13.2 Å². The fraction of sp³-hybridized carbons (Fsp3) is 0.806. The summed E-state index contributed by atoms with van der Waals surface area (Å²) < 4.78 is 0. The predicted molar refractivity (Wildman–Crippen MR) is 147 cm³/mol. The van der Waals surface area contributed by atoms with Crippen LogP contribution in [0.5, 0.6) is 0 Å². The Balaban J connectivity index is 1.96. The van der Waals surface area contributed by atoms with Crippen LogP contribution in [0.3, 0.4) is 0 Å². The number of hydrogen-bond donors (Lipinski definition) is 3. The molecule has 0 saturated heterocycles. The van der Waals surface area contributed by atoms with Gasteiger partial charge in [0, 0.05) is 12.1 Å². The maximum Gasteiger partial charge on any atom is 0.0895 e. The Bertz CT molecular complexity index is 733. The molecule has 0 aromatic carbocycles. The monoisotopic (exact) mass is 473 g/mol. The lowest BCUT2D eigenvalue weighted by molar-refractivity contribution is 0.0395. The number of allylic oxidation sites excluding steroid dienone is 6. The van der Waals surface area contributed by atoms with Crippen LogP contribution in [0.1, 0.15) is 101 Å². The Morgan fingerprint density at radius 2 is 1.41 bits per heavy atom. The number of nitrogens with one attached hydrogen (secondary N) is 1. The number of rotatable bonds is 11. The summed E-state index contributed by atoms with van der Waals surface area (Å²) in [6, 6.07) is 0. The van der Waals surface area contributed by atoms with E-state index in [1.165, 1.54) is 37.7 Å². The molecular formula is C31H55NO2. The molecule has 0 spiro atoms. The summed E-state index contributed by atoms with van der Waals surface area (Å²) in [5, 5.41) is 22.3. The summed E-state index contributed by atoms with van der Waals surface area (Å²) in [6.45, 7) is 21.7. The van der Waals surface area contributed by atoms with E-state index >= 15 is 0 Å². The van der Waals surface area contributed by atoms with Crippen LogP contribution in [-0.4, -0.2) is 35.0 Å². The highest BCUT2D eigenvalue weighted by molar-refractivity contribution is 5.33.